The molecule has 34 heavy (non-hydrogen) atoms. The largest absolute Gasteiger partial charge is 0.484 e. The summed E-state index contributed by atoms with van der Waals surface area (Å²) in [6, 6.07) is 18.0. The number of rotatable bonds is 8. The van der Waals surface area contributed by atoms with Crippen LogP contribution in [0.25, 0.3) is 0 Å². The molecule has 2 aromatic rings. The lowest BCUT2D eigenvalue weighted by atomic mass is 9.95. The van der Waals surface area contributed by atoms with Crippen molar-refractivity contribution in [1.82, 2.24) is 15.1 Å². The van der Waals surface area contributed by atoms with E-state index in [4.69, 9.17) is 4.74 Å². The molecule has 2 amide bonds. The molecule has 2 aromatic carbocycles. The zero-order valence-corrected chi connectivity index (χ0v) is 20.1. The van der Waals surface area contributed by atoms with Gasteiger partial charge in [-0.05, 0) is 62.0 Å². The van der Waals surface area contributed by atoms with Crippen molar-refractivity contribution in [1.29, 1.82) is 0 Å². The first kappa shape index (κ1) is 24.3. The van der Waals surface area contributed by atoms with E-state index in [1.54, 1.807) is 4.90 Å². The first-order valence-electron chi connectivity index (χ1n) is 12.7. The standard InChI is InChI=1S/C28H37N3O3/c32-27(22-34-26-8-4-3-5-9-26)31-18-14-25(15-19-31)28(33)29-20-23-10-12-24(13-11-23)21-30-16-6-1-2-7-17-30/h3-5,8-13,25H,1-2,6-7,14-22H2,(H,29,33). The Morgan fingerprint density at radius 3 is 2.15 bits per heavy atom. The van der Waals surface area contributed by atoms with Gasteiger partial charge in [-0.15, -0.1) is 0 Å². The maximum atomic E-state index is 12.7. The number of nitrogens with one attached hydrogen (secondary N) is 1. The summed E-state index contributed by atoms with van der Waals surface area (Å²) in [5, 5.41) is 3.09. The van der Waals surface area contributed by atoms with Crippen LogP contribution < -0.4 is 10.1 Å². The summed E-state index contributed by atoms with van der Waals surface area (Å²) in [6.45, 7) is 5.19. The molecule has 0 saturated carbocycles. The molecule has 2 heterocycles. The second-order valence-electron chi connectivity index (χ2n) is 9.48. The highest BCUT2D eigenvalue weighted by Gasteiger charge is 2.27. The van der Waals surface area contributed by atoms with E-state index in [1.165, 1.54) is 44.3 Å². The first-order chi connectivity index (χ1) is 16.7. The number of piperidine rings is 1. The molecule has 0 aliphatic carbocycles. The van der Waals surface area contributed by atoms with Crippen LogP contribution >= 0.6 is 0 Å². The van der Waals surface area contributed by atoms with Crippen LogP contribution in [0.4, 0.5) is 0 Å². The maximum Gasteiger partial charge on any atom is 0.260 e. The number of carbonyl (C=O) groups is 2. The van der Waals surface area contributed by atoms with Crippen molar-refractivity contribution in [3.8, 4) is 5.75 Å². The summed E-state index contributed by atoms with van der Waals surface area (Å²) in [6.07, 6.45) is 6.70. The summed E-state index contributed by atoms with van der Waals surface area (Å²) in [5.41, 5.74) is 2.46. The Hall–Kier alpha value is -2.86. The topological polar surface area (TPSA) is 61.9 Å². The maximum absolute atomic E-state index is 12.7. The third-order valence-corrected chi connectivity index (χ3v) is 6.92. The molecule has 0 aromatic heterocycles. The number of ether oxygens (including phenoxy) is 1. The highest BCUT2D eigenvalue weighted by atomic mass is 16.5. The van der Waals surface area contributed by atoms with Gasteiger partial charge >= 0.3 is 0 Å². The minimum atomic E-state index is -0.0404. The van der Waals surface area contributed by atoms with Crippen LogP contribution in [0, 0.1) is 5.92 Å². The molecule has 0 unspecified atom stereocenters. The molecular weight excluding hydrogens is 426 g/mol. The Morgan fingerprint density at radius 2 is 1.47 bits per heavy atom. The fraction of sp³-hybridized carbons (Fsp3) is 0.500. The number of benzene rings is 2. The second kappa shape index (κ2) is 12.6. The van der Waals surface area contributed by atoms with E-state index in [0.717, 1.165) is 12.1 Å². The van der Waals surface area contributed by atoms with Crippen molar-refractivity contribution < 1.29 is 14.3 Å². The van der Waals surface area contributed by atoms with Gasteiger partial charge in [-0.2, -0.15) is 0 Å². The average Bonchev–Trinajstić information content (AvgIpc) is 3.16. The van der Waals surface area contributed by atoms with Gasteiger partial charge in [0, 0.05) is 32.1 Å². The summed E-state index contributed by atoms with van der Waals surface area (Å²) >= 11 is 0. The van der Waals surface area contributed by atoms with Crippen molar-refractivity contribution in [3.63, 3.8) is 0 Å². The molecule has 2 saturated heterocycles. The quantitative estimate of drug-likeness (QED) is 0.643. The van der Waals surface area contributed by atoms with Gasteiger partial charge in [-0.3, -0.25) is 14.5 Å². The molecular formula is C28H37N3O3. The monoisotopic (exact) mass is 463 g/mol. The van der Waals surface area contributed by atoms with Crippen LogP contribution in [-0.2, 0) is 22.7 Å². The van der Waals surface area contributed by atoms with Crippen molar-refractivity contribution in [2.24, 2.45) is 5.92 Å². The van der Waals surface area contributed by atoms with Gasteiger partial charge in [0.2, 0.25) is 5.91 Å². The molecule has 0 radical (unpaired) electrons. The smallest absolute Gasteiger partial charge is 0.260 e. The SMILES string of the molecule is O=C(NCc1ccc(CN2CCCCCC2)cc1)C1CCN(C(=O)COc2ccccc2)CC1. The van der Waals surface area contributed by atoms with Crippen LogP contribution in [0.2, 0.25) is 0 Å². The van der Waals surface area contributed by atoms with Crippen LogP contribution in [0.3, 0.4) is 0 Å². The fourth-order valence-electron chi connectivity index (χ4n) is 4.79. The third-order valence-electron chi connectivity index (χ3n) is 6.92. The molecule has 4 rings (SSSR count). The number of para-hydroxylation sites is 1. The summed E-state index contributed by atoms with van der Waals surface area (Å²) in [5.74, 6) is 0.714. The van der Waals surface area contributed by atoms with Gasteiger partial charge in [0.1, 0.15) is 5.75 Å². The number of hydrogen-bond acceptors (Lipinski definition) is 4. The zero-order valence-electron chi connectivity index (χ0n) is 20.1. The lowest BCUT2D eigenvalue weighted by Crippen LogP contribution is -2.44. The van der Waals surface area contributed by atoms with E-state index in [2.05, 4.69) is 34.5 Å². The minimum Gasteiger partial charge on any atom is -0.484 e. The number of likely N-dealkylation sites (tertiary alicyclic amines) is 2. The molecule has 182 valence electrons. The van der Waals surface area contributed by atoms with E-state index in [0.29, 0.717) is 38.2 Å². The molecule has 1 N–H and O–H groups in total. The molecule has 0 spiro atoms. The fourth-order valence-corrected chi connectivity index (χ4v) is 4.79. The molecule has 0 bridgehead atoms. The normalized spacial score (nSPS) is 17.7. The zero-order chi connectivity index (χ0) is 23.6. The Morgan fingerprint density at radius 1 is 0.824 bits per heavy atom. The molecule has 2 aliphatic rings. The van der Waals surface area contributed by atoms with Crippen molar-refractivity contribution in [3.05, 3.63) is 65.7 Å². The Labute approximate surface area is 203 Å². The van der Waals surface area contributed by atoms with Gasteiger partial charge in [0.25, 0.3) is 5.91 Å². The lowest BCUT2D eigenvalue weighted by molar-refractivity contribution is -0.137. The van der Waals surface area contributed by atoms with Gasteiger partial charge in [0.15, 0.2) is 6.61 Å². The van der Waals surface area contributed by atoms with E-state index < -0.39 is 0 Å². The number of nitrogens with zero attached hydrogens (tertiary/aromatic N) is 2. The van der Waals surface area contributed by atoms with Gasteiger partial charge in [-0.25, -0.2) is 0 Å². The van der Waals surface area contributed by atoms with E-state index in [1.807, 2.05) is 30.3 Å². The Bertz CT molecular complexity index is 900. The predicted octanol–water partition coefficient (Wildman–Crippen LogP) is 4.00. The van der Waals surface area contributed by atoms with Crippen molar-refractivity contribution >= 4 is 11.8 Å². The summed E-state index contributed by atoms with van der Waals surface area (Å²) in [7, 11) is 0. The average molecular weight is 464 g/mol. The summed E-state index contributed by atoms with van der Waals surface area (Å²) in [4.78, 5) is 29.5. The molecule has 6 heteroatoms. The molecule has 2 fully saturated rings. The van der Waals surface area contributed by atoms with Crippen molar-refractivity contribution in [2.75, 3.05) is 32.8 Å². The second-order valence-corrected chi connectivity index (χ2v) is 9.48. The highest BCUT2D eigenvalue weighted by Crippen LogP contribution is 2.19. The number of hydrogen-bond donors (Lipinski definition) is 1. The van der Waals surface area contributed by atoms with Crippen LogP contribution in [-0.4, -0.2) is 54.4 Å². The van der Waals surface area contributed by atoms with Gasteiger partial charge in [-0.1, -0.05) is 55.3 Å². The Balaban J connectivity index is 1.15. The van der Waals surface area contributed by atoms with Crippen molar-refractivity contribution in [2.45, 2.75) is 51.6 Å². The number of carbonyl (C=O) groups excluding carboxylic acids is 2. The van der Waals surface area contributed by atoms with Crippen LogP contribution in [0.5, 0.6) is 5.75 Å². The number of amides is 2. The molecule has 2 aliphatic heterocycles. The van der Waals surface area contributed by atoms with E-state index in [-0.39, 0.29) is 24.3 Å². The predicted molar refractivity (Wildman–Crippen MR) is 133 cm³/mol. The van der Waals surface area contributed by atoms with Crippen LogP contribution in [0.1, 0.15) is 49.7 Å². The Kier molecular flexibility index (Phi) is 8.97. The minimum absolute atomic E-state index is 0.0250. The highest BCUT2D eigenvalue weighted by molar-refractivity contribution is 5.80. The van der Waals surface area contributed by atoms with Gasteiger partial charge in [0.05, 0.1) is 0 Å². The molecule has 0 atom stereocenters. The first-order valence-corrected chi connectivity index (χ1v) is 12.7. The third kappa shape index (κ3) is 7.32. The van der Waals surface area contributed by atoms with E-state index in [9.17, 15) is 9.59 Å². The lowest BCUT2D eigenvalue weighted by Gasteiger charge is -2.31. The summed E-state index contributed by atoms with van der Waals surface area (Å²) < 4.78 is 5.57. The van der Waals surface area contributed by atoms with Gasteiger partial charge < -0.3 is 15.0 Å². The van der Waals surface area contributed by atoms with E-state index >= 15 is 0 Å². The van der Waals surface area contributed by atoms with Crippen LogP contribution in [0.15, 0.2) is 54.6 Å². The molecule has 6 nitrogen and oxygen atoms in total.